The lowest BCUT2D eigenvalue weighted by Gasteiger charge is -2.24. The number of carboxylic acid groups (broad SMARTS) is 1. The van der Waals surface area contributed by atoms with Gasteiger partial charge < -0.3 is 28.8 Å². The lowest BCUT2D eigenvalue weighted by molar-refractivity contribution is -0.129. The second kappa shape index (κ2) is 12.7. The van der Waals surface area contributed by atoms with Crippen LogP contribution in [0.1, 0.15) is 25.5 Å². The van der Waals surface area contributed by atoms with E-state index in [1.807, 2.05) is 12.1 Å². The van der Waals surface area contributed by atoms with E-state index in [-0.39, 0.29) is 11.8 Å². The molecule has 2 heterocycles. The molecule has 1 aromatic heterocycles. The summed E-state index contributed by atoms with van der Waals surface area (Å²) in [6.45, 7) is 4.10. The third-order valence-corrected chi connectivity index (χ3v) is 4.78. The molecule has 33 heavy (non-hydrogen) atoms. The van der Waals surface area contributed by atoms with Gasteiger partial charge in [-0.25, -0.2) is 4.79 Å². The van der Waals surface area contributed by atoms with Crippen LogP contribution in [-0.2, 0) is 25.6 Å². The molecule has 0 bridgehead atoms. The Balaban J connectivity index is 1.70. The molecule has 1 aromatic carbocycles. The highest BCUT2D eigenvalue weighted by atomic mass is 16.5. The molecule has 1 aliphatic rings. The summed E-state index contributed by atoms with van der Waals surface area (Å²) in [5.41, 5.74) is 4.03. The van der Waals surface area contributed by atoms with Crippen molar-refractivity contribution in [2.75, 3.05) is 39.0 Å². The highest BCUT2D eigenvalue weighted by molar-refractivity contribution is 6.34. The monoisotopic (exact) mass is 459 g/mol. The van der Waals surface area contributed by atoms with Gasteiger partial charge in [-0.3, -0.25) is 10.4 Å². The third-order valence-electron chi connectivity index (χ3n) is 4.78. The topological polar surface area (TPSA) is 121 Å². The van der Waals surface area contributed by atoms with Crippen LogP contribution in [0.2, 0.25) is 0 Å². The van der Waals surface area contributed by atoms with E-state index in [1.165, 1.54) is 6.92 Å². The molecule has 10 heteroatoms. The molecule has 0 aliphatic carbocycles. The second-order valence-corrected chi connectivity index (χ2v) is 7.33. The standard InChI is InChI=1S/C23H29N3O7/c1-16(23(27)28)25-26-21-6-5-19(13-22(21)33-18-7-9-30-10-8-18)32-20-4-3-17(24-14-20)15-31-12-11-29-2/h3-6,13-14,18,26H,7-12,15H2,1-2H3,(H,27,28)/b25-16+. The lowest BCUT2D eigenvalue weighted by Crippen LogP contribution is -2.26. The molecule has 1 fully saturated rings. The van der Waals surface area contributed by atoms with Crippen molar-refractivity contribution in [1.82, 2.24) is 4.98 Å². The summed E-state index contributed by atoms with van der Waals surface area (Å²) < 4.78 is 27.9. The maximum atomic E-state index is 11.0. The smallest absolute Gasteiger partial charge is 0.351 e. The Hall–Kier alpha value is -3.21. The van der Waals surface area contributed by atoms with E-state index in [2.05, 4.69) is 15.5 Å². The molecule has 2 aromatic rings. The zero-order valence-corrected chi connectivity index (χ0v) is 18.8. The van der Waals surface area contributed by atoms with Gasteiger partial charge >= 0.3 is 5.97 Å². The van der Waals surface area contributed by atoms with E-state index in [9.17, 15) is 4.79 Å². The van der Waals surface area contributed by atoms with Crippen molar-refractivity contribution < 1.29 is 33.6 Å². The summed E-state index contributed by atoms with van der Waals surface area (Å²) in [5, 5.41) is 12.9. The summed E-state index contributed by atoms with van der Waals surface area (Å²) in [4.78, 5) is 15.4. The van der Waals surface area contributed by atoms with Crippen molar-refractivity contribution >= 4 is 17.4 Å². The normalized spacial score (nSPS) is 14.7. The summed E-state index contributed by atoms with van der Waals surface area (Å²) in [6, 6.07) is 8.86. The molecule has 10 nitrogen and oxygen atoms in total. The van der Waals surface area contributed by atoms with E-state index >= 15 is 0 Å². The third kappa shape index (κ3) is 8.01. The van der Waals surface area contributed by atoms with Gasteiger partial charge in [-0.05, 0) is 31.2 Å². The highest BCUT2D eigenvalue weighted by Gasteiger charge is 2.18. The molecule has 0 amide bonds. The van der Waals surface area contributed by atoms with Crippen molar-refractivity contribution in [1.29, 1.82) is 0 Å². The molecule has 0 unspecified atom stereocenters. The maximum Gasteiger partial charge on any atom is 0.351 e. The molecule has 0 atom stereocenters. The van der Waals surface area contributed by atoms with Gasteiger partial charge in [0.25, 0.3) is 0 Å². The summed E-state index contributed by atoms with van der Waals surface area (Å²) in [5.74, 6) is 0.521. The Kier molecular flexibility index (Phi) is 9.43. The zero-order valence-electron chi connectivity index (χ0n) is 18.8. The first kappa shape index (κ1) is 24.4. The van der Waals surface area contributed by atoms with E-state index < -0.39 is 5.97 Å². The summed E-state index contributed by atoms with van der Waals surface area (Å²) in [7, 11) is 1.63. The number of anilines is 1. The molecule has 1 saturated heterocycles. The van der Waals surface area contributed by atoms with E-state index in [1.54, 1.807) is 31.5 Å². The fraction of sp³-hybridized carbons (Fsp3) is 0.435. The van der Waals surface area contributed by atoms with Crippen LogP contribution in [-0.4, -0.2) is 61.4 Å². The van der Waals surface area contributed by atoms with Gasteiger partial charge in [0.05, 0.1) is 50.6 Å². The zero-order chi connectivity index (χ0) is 23.5. The Morgan fingerprint density at radius 3 is 2.70 bits per heavy atom. The number of hydrogen-bond acceptors (Lipinski definition) is 9. The Labute approximate surface area is 192 Å². The predicted octanol–water partition coefficient (Wildman–Crippen LogP) is 3.47. The Morgan fingerprint density at radius 2 is 2.00 bits per heavy atom. The van der Waals surface area contributed by atoms with Gasteiger partial charge in [-0.2, -0.15) is 5.10 Å². The number of methoxy groups -OCH3 is 1. The van der Waals surface area contributed by atoms with Crippen LogP contribution in [0.25, 0.3) is 0 Å². The Morgan fingerprint density at radius 1 is 1.21 bits per heavy atom. The lowest BCUT2D eigenvalue weighted by atomic mass is 10.1. The van der Waals surface area contributed by atoms with Crippen molar-refractivity contribution in [3.05, 3.63) is 42.2 Å². The van der Waals surface area contributed by atoms with Gasteiger partial charge in [-0.1, -0.05) is 0 Å². The fourth-order valence-electron chi connectivity index (χ4n) is 2.93. The molecule has 2 N–H and O–H groups in total. The average Bonchev–Trinajstić information content (AvgIpc) is 2.83. The minimum absolute atomic E-state index is 0.0156. The van der Waals surface area contributed by atoms with Crippen LogP contribution in [0, 0.1) is 0 Å². The SMILES string of the molecule is COCCOCc1ccc(Oc2ccc(N/N=C(\C)C(=O)O)c(OC3CCOCC3)c2)cn1. The van der Waals surface area contributed by atoms with Crippen LogP contribution in [0.3, 0.4) is 0 Å². The summed E-state index contributed by atoms with van der Waals surface area (Å²) in [6.07, 6.45) is 3.14. The van der Waals surface area contributed by atoms with Gasteiger partial charge in [0.2, 0.25) is 0 Å². The average molecular weight is 459 g/mol. The second-order valence-electron chi connectivity index (χ2n) is 7.33. The number of benzene rings is 1. The predicted molar refractivity (Wildman–Crippen MR) is 121 cm³/mol. The van der Waals surface area contributed by atoms with Crippen LogP contribution in [0.4, 0.5) is 5.69 Å². The fourth-order valence-corrected chi connectivity index (χ4v) is 2.93. The number of pyridine rings is 1. The van der Waals surface area contributed by atoms with E-state index in [0.29, 0.717) is 56.0 Å². The molecule has 1 aliphatic heterocycles. The highest BCUT2D eigenvalue weighted by Crippen LogP contribution is 2.33. The minimum Gasteiger partial charge on any atom is -0.488 e. The van der Waals surface area contributed by atoms with Gasteiger partial charge in [0, 0.05) is 26.0 Å². The maximum absolute atomic E-state index is 11.0. The van der Waals surface area contributed by atoms with Crippen molar-refractivity contribution in [2.24, 2.45) is 5.10 Å². The quantitative estimate of drug-likeness (QED) is 0.279. The molecule has 0 radical (unpaired) electrons. The van der Waals surface area contributed by atoms with Crippen molar-refractivity contribution in [3.8, 4) is 17.2 Å². The number of hydrazone groups is 1. The van der Waals surface area contributed by atoms with E-state index in [4.69, 9.17) is 28.8 Å². The van der Waals surface area contributed by atoms with Gasteiger partial charge in [0.15, 0.2) is 0 Å². The van der Waals surface area contributed by atoms with Crippen molar-refractivity contribution in [3.63, 3.8) is 0 Å². The Bertz CT molecular complexity index is 928. The molecule has 0 spiro atoms. The van der Waals surface area contributed by atoms with Crippen LogP contribution >= 0.6 is 0 Å². The summed E-state index contributed by atoms with van der Waals surface area (Å²) >= 11 is 0. The molecule has 3 rings (SSSR count). The van der Waals surface area contributed by atoms with E-state index in [0.717, 1.165) is 18.5 Å². The van der Waals surface area contributed by atoms with Crippen molar-refractivity contribution in [2.45, 2.75) is 32.5 Å². The number of nitrogens with zero attached hydrogens (tertiary/aromatic N) is 2. The van der Waals surface area contributed by atoms with Gasteiger partial charge in [-0.15, -0.1) is 0 Å². The first-order valence-electron chi connectivity index (χ1n) is 10.7. The number of nitrogens with one attached hydrogen (secondary N) is 1. The number of carboxylic acids is 1. The number of aromatic nitrogens is 1. The molecule has 178 valence electrons. The molecule has 0 saturated carbocycles. The van der Waals surface area contributed by atoms with Gasteiger partial charge in [0.1, 0.15) is 29.1 Å². The largest absolute Gasteiger partial charge is 0.488 e. The first-order valence-corrected chi connectivity index (χ1v) is 10.7. The molecular formula is C23H29N3O7. The number of carbonyl (C=O) groups is 1. The number of aliphatic carboxylic acids is 1. The number of hydrogen-bond donors (Lipinski definition) is 2. The van der Waals surface area contributed by atoms with Crippen LogP contribution in [0.15, 0.2) is 41.6 Å². The minimum atomic E-state index is -1.10. The molecular weight excluding hydrogens is 430 g/mol. The first-order chi connectivity index (χ1) is 16.0. The number of ether oxygens (including phenoxy) is 5. The van der Waals surface area contributed by atoms with Crippen LogP contribution < -0.4 is 14.9 Å². The van der Waals surface area contributed by atoms with Crippen LogP contribution in [0.5, 0.6) is 17.2 Å². The number of rotatable bonds is 12.